The monoisotopic (exact) mass is 357 g/mol. The van der Waals surface area contributed by atoms with Crippen molar-refractivity contribution < 1.29 is 23.4 Å². The Morgan fingerprint density at radius 2 is 1.95 bits per heavy atom. The fourth-order valence-electron chi connectivity index (χ4n) is 1.64. The van der Waals surface area contributed by atoms with Gasteiger partial charge < -0.3 is 15.2 Å². The molecule has 2 aromatic carbocycles. The predicted molar refractivity (Wildman–Crippen MR) is 76.7 cm³/mol. The summed E-state index contributed by atoms with van der Waals surface area (Å²) >= 11 is 2.90. The van der Waals surface area contributed by atoms with E-state index < -0.39 is 17.5 Å². The van der Waals surface area contributed by atoms with E-state index in [0.717, 1.165) is 6.07 Å². The van der Waals surface area contributed by atoms with Crippen molar-refractivity contribution in [2.24, 2.45) is 0 Å². The number of rotatable bonds is 3. The summed E-state index contributed by atoms with van der Waals surface area (Å²) in [4.78, 5) is 12.0. The number of carbonyl (C=O) groups excluding carboxylic acids is 1. The molecule has 0 radical (unpaired) electrons. The number of hydrogen-bond donors (Lipinski definition) is 2. The number of amides is 1. The Bertz CT molecular complexity index is 707. The van der Waals surface area contributed by atoms with E-state index in [9.17, 15) is 18.7 Å². The molecule has 2 aromatic rings. The molecule has 0 atom stereocenters. The highest BCUT2D eigenvalue weighted by Gasteiger charge is 2.15. The lowest BCUT2D eigenvalue weighted by Crippen LogP contribution is -2.13. The van der Waals surface area contributed by atoms with Crippen LogP contribution in [0.5, 0.6) is 11.5 Å². The first-order valence-corrected chi connectivity index (χ1v) is 6.54. The summed E-state index contributed by atoms with van der Waals surface area (Å²) in [5.41, 5.74) is -0.265. The fourth-order valence-corrected chi connectivity index (χ4v) is 1.98. The van der Waals surface area contributed by atoms with Crippen LogP contribution >= 0.6 is 15.9 Å². The first-order valence-electron chi connectivity index (χ1n) is 5.75. The molecule has 21 heavy (non-hydrogen) atoms. The maximum atomic E-state index is 13.6. The number of anilines is 1. The summed E-state index contributed by atoms with van der Waals surface area (Å²) in [5, 5.41) is 12.0. The first kappa shape index (κ1) is 15.2. The second-order valence-electron chi connectivity index (χ2n) is 4.08. The van der Waals surface area contributed by atoms with Gasteiger partial charge in [0.05, 0.1) is 22.8 Å². The first-order chi connectivity index (χ1) is 9.92. The summed E-state index contributed by atoms with van der Waals surface area (Å²) in [6.07, 6.45) is 0. The molecule has 2 rings (SSSR count). The summed E-state index contributed by atoms with van der Waals surface area (Å²) in [7, 11) is 1.42. The van der Waals surface area contributed by atoms with Crippen LogP contribution in [0.3, 0.4) is 0 Å². The molecule has 0 fully saturated rings. The van der Waals surface area contributed by atoms with Gasteiger partial charge in [-0.15, -0.1) is 0 Å². The van der Waals surface area contributed by atoms with Gasteiger partial charge in [-0.1, -0.05) is 0 Å². The van der Waals surface area contributed by atoms with Crippen LogP contribution < -0.4 is 10.1 Å². The third-order valence-electron chi connectivity index (χ3n) is 2.71. The molecule has 0 aliphatic heterocycles. The van der Waals surface area contributed by atoms with Gasteiger partial charge in [-0.05, 0) is 34.1 Å². The predicted octanol–water partition coefficient (Wildman–Crippen LogP) is 3.69. The Kier molecular flexibility index (Phi) is 4.42. The second-order valence-corrected chi connectivity index (χ2v) is 4.94. The van der Waals surface area contributed by atoms with Crippen molar-refractivity contribution in [3.05, 3.63) is 52.0 Å². The summed E-state index contributed by atoms with van der Waals surface area (Å²) < 4.78 is 31.6. The van der Waals surface area contributed by atoms with E-state index in [0.29, 0.717) is 11.8 Å². The molecule has 0 heterocycles. The third kappa shape index (κ3) is 3.30. The van der Waals surface area contributed by atoms with E-state index >= 15 is 0 Å². The number of ether oxygens (including phenoxy) is 1. The normalized spacial score (nSPS) is 10.3. The number of hydrogen-bond acceptors (Lipinski definition) is 3. The van der Waals surface area contributed by atoms with Gasteiger partial charge in [-0.2, -0.15) is 0 Å². The Hall–Kier alpha value is -2.15. The van der Waals surface area contributed by atoms with Crippen molar-refractivity contribution in [3.63, 3.8) is 0 Å². The molecular weight excluding hydrogens is 348 g/mol. The Morgan fingerprint density at radius 1 is 1.24 bits per heavy atom. The third-order valence-corrected chi connectivity index (χ3v) is 3.32. The van der Waals surface area contributed by atoms with Crippen molar-refractivity contribution in [2.75, 3.05) is 12.4 Å². The largest absolute Gasteiger partial charge is 0.507 e. The molecule has 7 heteroatoms. The number of benzene rings is 2. The van der Waals surface area contributed by atoms with Crippen molar-refractivity contribution in [2.45, 2.75) is 0 Å². The number of methoxy groups -OCH3 is 1. The van der Waals surface area contributed by atoms with Crippen LogP contribution in [0.4, 0.5) is 14.5 Å². The molecule has 0 bridgehead atoms. The fraction of sp³-hybridized carbons (Fsp3) is 0.0714. The molecular formula is C14H10BrF2NO3. The number of nitrogens with one attached hydrogen (secondary N) is 1. The number of phenols is 1. The van der Waals surface area contributed by atoms with E-state index in [1.807, 2.05) is 0 Å². The second kappa shape index (κ2) is 6.09. The van der Waals surface area contributed by atoms with Crippen molar-refractivity contribution in [3.8, 4) is 11.5 Å². The molecule has 110 valence electrons. The molecule has 1 amide bonds. The van der Waals surface area contributed by atoms with Crippen LogP contribution in [0.15, 0.2) is 34.8 Å². The minimum atomic E-state index is -0.919. The number of phenolic OH excluding ortho intramolecular Hbond substituents is 1. The van der Waals surface area contributed by atoms with Crippen LogP contribution in [0.2, 0.25) is 0 Å². The van der Waals surface area contributed by atoms with E-state index in [1.165, 1.54) is 25.3 Å². The van der Waals surface area contributed by atoms with Gasteiger partial charge in [-0.3, -0.25) is 4.79 Å². The van der Waals surface area contributed by atoms with Crippen molar-refractivity contribution in [1.82, 2.24) is 0 Å². The lowest BCUT2D eigenvalue weighted by molar-refractivity contribution is 0.102. The highest BCUT2D eigenvalue weighted by atomic mass is 79.9. The minimum Gasteiger partial charge on any atom is -0.507 e. The van der Waals surface area contributed by atoms with E-state index in [4.69, 9.17) is 4.74 Å². The van der Waals surface area contributed by atoms with E-state index in [2.05, 4.69) is 21.2 Å². The average Bonchev–Trinajstić information content (AvgIpc) is 2.44. The highest BCUT2D eigenvalue weighted by Crippen LogP contribution is 2.27. The van der Waals surface area contributed by atoms with Crippen LogP contribution in [0.25, 0.3) is 0 Å². The van der Waals surface area contributed by atoms with Crippen molar-refractivity contribution >= 4 is 27.5 Å². The zero-order chi connectivity index (χ0) is 15.6. The topological polar surface area (TPSA) is 58.6 Å². The smallest absolute Gasteiger partial charge is 0.259 e. The quantitative estimate of drug-likeness (QED) is 0.823. The summed E-state index contributed by atoms with van der Waals surface area (Å²) in [6.45, 7) is 0. The molecule has 0 aliphatic carbocycles. The van der Waals surface area contributed by atoms with Gasteiger partial charge >= 0.3 is 0 Å². The summed E-state index contributed by atoms with van der Waals surface area (Å²) in [6, 6.07) is 5.81. The average molecular weight is 358 g/mol. The Balaban J connectivity index is 2.28. The van der Waals surface area contributed by atoms with Crippen molar-refractivity contribution in [1.29, 1.82) is 0 Å². The summed E-state index contributed by atoms with van der Waals surface area (Å²) in [5.74, 6) is -2.37. The number of carbonyl (C=O) groups is 1. The maximum absolute atomic E-state index is 13.6. The van der Waals surface area contributed by atoms with Crippen LogP contribution in [0, 0.1) is 11.6 Å². The van der Waals surface area contributed by atoms with Gasteiger partial charge in [0.1, 0.15) is 23.1 Å². The Labute approximate surface area is 127 Å². The highest BCUT2D eigenvalue weighted by molar-refractivity contribution is 9.10. The number of halogens is 3. The van der Waals surface area contributed by atoms with E-state index in [1.54, 1.807) is 0 Å². The number of aromatic hydroxyl groups is 1. The van der Waals surface area contributed by atoms with Crippen LogP contribution in [-0.4, -0.2) is 18.1 Å². The standard InChI is InChI=1S/C14H10BrF2NO3/c1-21-7-2-3-8(13(19)4-7)14(20)18-12-5-9(15)10(16)6-11(12)17/h2-6,19H,1H3,(H,18,20). The zero-order valence-corrected chi connectivity index (χ0v) is 12.4. The SMILES string of the molecule is COc1ccc(C(=O)Nc2cc(Br)c(F)cc2F)c(O)c1. The van der Waals surface area contributed by atoms with Crippen LogP contribution in [-0.2, 0) is 0 Å². The van der Waals surface area contributed by atoms with Gasteiger partial charge in [-0.25, -0.2) is 8.78 Å². The molecule has 2 N–H and O–H groups in total. The molecule has 0 aliphatic rings. The van der Waals surface area contributed by atoms with Gasteiger partial charge in [0, 0.05) is 12.1 Å². The Morgan fingerprint density at radius 3 is 2.57 bits per heavy atom. The molecule has 0 aromatic heterocycles. The van der Waals surface area contributed by atoms with Gasteiger partial charge in [0.25, 0.3) is 5.91 Å². The molecule has 0 spiro atoms. The lowest BCUT2D eigenvalue weighted by atomic mass is 10.1. The molecule has 0 unspecified atom stereocenters. The van der Waals surface area contributed by atoms with Crippen LogP contribution in [0.1, 0.15) is 10.4 Å². The molecule has 0 saturated heterocycles. The molecule has 4 nitrogen and oxygen atoms in total. The maximum Gasteiger partial charge on any atom is 0.259 e. The zero-order valence-electron chi connectivity index (χ0n) is 10.8. The van der Waals surface area contributed by atoms with Gasteiger partial charge in [0.2, 0.25) is 0 Å². The van der Waals surface area contributed by atoms with Gasteiger partial charge in [0.15, 0.2) is 0 Å². The lowest BCUT2D eigenvalue weighted by Gasteiger charge is -2.09. The minimum absolute atomic E-state index is 0.0122. The van der Waals surface area contributed by atoms with E-state index in [-0.39, 0.29) is 21.5 Å². The molecule has 0 saturated carbocycles.